The summed E-state index contributed by atoms with van der Waals surface area (Å²) in [5.41, 5.74) is 4.29. The van der Waals surface area contributed by atoms with Gasteiger partial charge < -0.3 is 14.7 Å². The lowest BCUT2D eigenvalue weighted by Crippen LogP contribution is -2.36. The molecule has 10 heteroatoms. The SMILES string of the molecule is CCc1cnc(N2CCC(n3nnc4cc(-c5ccc(C(=O)O)c(OC)c5)ncc43)CC2)nc1. The molecule has 0 radical (unpaired) electrons. The molecule has 0 aliphatic carbocycles. The topological polar surface area (TPSA) is 119 Å². The van der Waals surface area contributed by atoms with Crippen LogP contribution in [-0.2, 0) is 6.42 Å². The van der Waals surface area contributed by atoms with Gasteiger partial charge in [0, 0.05) is 31.0 Å². The number of ether oxygens (including phenoxy) is 1. The van der Waals surface area contributed by atoms with Crippen LogP contribution in [0.5, 0.6) is 5.75 Å². The predicted molar refractivity (Wildman–Crippen MR) is 126 cm³/mol. The minimum atomic E-state index is -1.04. The summed E-state index contributed by atoms with van der Waals surface area (Å²) in [5.74, 6) is 0.0238. The van der Waals surface area contributed by atoms with Gasteiger partial charge >= 0.3 is 5.97 Å². The van der Waals surface area contributed by atoms with Gasteiger partial charge in [-0.25, -0.2) is 19.4 Å². The number of carboxylic acid groups (broad SMARTS) is 1. The molecule has 0 bridgehead atoms. The molecule has 1 N–H and O–H groups in total. The smallest absolute Gasteiger partial charge is 0.339 e. The number of aromatic carboxylic acids is 1. The largest absolute Gasteiger partial charge is 0.496 e. The van der Waals surface area contributed by atoms with E-state index in [-0.39, 0.29) is 17.4 Å². The molecule has 1 aliphatic rings. The fourth-order valence-corrected chi connectivity index (χ4v) is 4.30. The van der Waals surface area contributed by atoms with Crippen molar-refractivity contribution >= 4 is 23.0 Å². The van der Waals surface area contributed by atoms with Gasteiger partial charge in [-0.1, -0.05) is 18.2 Å². The highest BCUT2D eigenvalue weighted by molar-refractivity contribution is 5.92. The van der Waals surface area contributed by atoms with Crippen LogP contribution < -0.4 is 9.64 Å². The number of benzene rings is 1. The molecule has 0 amide bonds. The van der Waals surface area contributed by atoms with Crippen molar-refractivity contribution < 1.29 is 14.6 Å². The Hall–Kier alpha value is -4.08. The second-order valence-corrected chi connectivity index (χ2v) is 8.28. The average Bonchev–Trinajstić information content (AvgIpc) is 3.31. The maximum Gasteiger partial charge on any atom is 0.339 e. The Kier molecular flexibility index (Phi) is 5.79. The number of aryl methyl sites for hydroxylation is 1. The molecule has 0 saturated carbocycles. The van der Waals surface area contributed by atoms with Crippen LogP contribution in [0.4, 0.5) is 5.95 Å². The van der Waals surface area contributed by atoms with Crippen molar-refractivity contribution in [2.45, 2.75) is 32.2 Å². The number of fused-ring (bicyclic) bond motifs is 1. The van der Waals surface area contributed by atoms with Crippen LogP contribution >= 0.6 is 0 Å². The van der Waals surface area contributed by atoms with E-state index in [0.717, 1.165) is 60.5 Å². The van der Waals surface area contributed by atoms with Crippen LogP contribution in [0.25, 0.3) is 22.3 Å². The van der Waals surface area contributed by atoms with Gasteiger partial charge in [0.15, 0.2) is 0 Å². The van der Waals surface area contributed by atoms with Crippen molar-refractivity contribution in [1.29, 1.82) is 0 Å². The Morgan fingerprint density at radius 2 is 1.88 bits per heavy atom. The van der Waals surface area contributed by atoms with E-state index in [1.165, 1.54) is 13.2 Å². The Morgan fingerprint density at radius 1 is 1.12 bits per heavy atom. The molecule has 10 nitrogen and oxygen atoms in total. The Bertz CT molecular complexity index is 1330. The zero-order chi connectivity index (χ0) is 23.7. The molecule has 1 saturated heterocycles. The number of piperidine rings is 1. The van der Waals surface area contributed by atoms with Gasteiger partial charge in [0.05, 0.1) is 25.0 Å². The molecule has 0 unspecified atom stereocenters. The van der Waals surface area contributed by atoms with Gasteiger partial charge in [-0.05, 0) is 43.0 Å². The lowest BCUT2D eigenvalue weighted by atomic mass is 10.0. The van der Waals surface area contributed by atoms with Crippen LogP contribution in [0.15, 0.2) is 42.9 Å². The number of pyridine rings is 1. The van der Waals surface area contributed by atoms with Crippen LogP contribution in [0.3, 0.4) is 0 Å². The Morgan fingerprint density at radius 3 is 2.56 bits per heavy atom. The molecular weight excluding hydrogens is 434 g/mol. The number of carboxylic acids is 1. The second kappa shape index (κ2) is 9.05. The van der Waals surface area contributed by atoms with E-state index in [2.05, 4.69) is 37.1 Å². The van der Waals surface area contributed by atoms with Crippen LogP contribution in [0.2, 0.25) is 0 Å². The highest BCUT2D eigenvalue weighted by Gasteiger charge is 2.24. The van der Waals surface area contributed by atoms with Gasteiger partial charge in [0.2, 0.25) is 5.95 Å². The minimum Gasteiger partial charge on any atom is -0.496 e. The lowest BCUT2D eigenvalue weighted by molar-refractivity contribution is 0.0693. The minimum absolute atomic E-state index is 0.108. The molecule has 174 valence electrons. The van der Waals surface area contributed by atoms with E-state index in [0.29, 0.717) is 5.69 Å². The van der Waals surface area contributed by atoms with E-state index in [1.54, 1.807) is 18.3 Å². The summed E-state index contributed by atoms with van der Waals surface area (Å²) in [5, 5.41) is 18.1. The first-order valence-corrected chi connectivity index (χ1v) is 11.3. The molecule has 0 spiro atoms. The lowest BCUT2D eigenvalue weighted by Gasteiger charge is -2.32. The molecule has 0 atom stereocenters. The third-order valence-electron chi connectivity index (χ3n) is 6.28. The number of aromatic nitrogens is 6. The van der Waals surface area contributed by atoms with Crippen LogP contribution in [-0.4, -0.2) is 61.2 Å². The van der Waals surface area contributed by atoms with Gasteiger partial charge in [0.25, 0.3) is 0 Å². The maximum atomic E-state index is 11.4. The van der Waals surface area contributed by atoms with E-state index in [4.69, 9.17) is 4.74 Å². The number of methoxy groups -OCH3 is 1. The number of hydrogen-bond acceptors (Lipinski definition) is 8. The van der Waals surface area contributed by atoms with Gasteiger partial charge in [-0.15, -0.1) is 5.10 Å². The van der Waals surface area contributed by atoms with Gasteiger partial charge in [-0.3, -0.25) is 4.98 Å². The van der Waals surface area contributed by atoms with Crippen LogP contribution in [0, 0.1) is 0 Å². The van der Waals surface area contributed by atoms with Gasteiger partial charge in [-0.2, -0.15) is 0 Å². The molecule has 34 heavy (non-hydrogen) atoms. The summed E-state index contributed by atoms with van der Waals surface area (Å²) in [7, 11) is 1.45. The van der Waals surface area contributed by atoms with E-state index >= 15 is 0 Å². The Labute approximate surface area is 196 Å². The number of anilines is 1. The normalized spacial score (nSPS) is 14.5. The molecule has 1 aromatic carbocycles. The van der Waals surface area contributed by atoms with Crippen molar-refractivity contribution in [3.8, 4) is 17.0 Å². The van der Waals surface area contributed by atoms with E-state index < -0.39 is 5.97 Å². The number of hydrogen-bond donors (Lipinski definition) is 1. The third-order valence-corrected chi connectivity index (χ3v) is 6.28. The highest BCUT2D eigenvalue weighted by Crippen LogP contribution is 2.30. The van der Waals surface area contributed by atoms with E-state index in [9.17, 15) is 9.90 Å². The highest BCUT2D eigenvalue weighted by atomic mass is 16.5. The maximum absolute atomic E-state index is 11.4. The Balaban J connectivity index is 1.34. The summed E-state index contributed by atoms with van der Waals surface area (Å²) in [6.45, 7) is 3.79. The standard InChI is InChI=1S/C24H25N7O3/c1-3-15-12-26-24(27-13-15)30-8-6-17(7-9-30)31-21-14-25-19(11-20(21)28-29-31)16-4-5-18(23(32)33)22(10-16)34-2/h4-5,10-14,17H,3,6-9H2,1-2H3,(H,32,33). The number of carbonyl (C=O) groups is 1. The van der Waals surface area contributed by atoms with Gasteiger partial charge in [0.1, 0.15) is 22.3 Å². The fraction of sp³-hybridized carbons (Fsp3) is 0.333. The molecule has 3 aromatic heterocycles. The van der Waals surface area contributed by atoms with Crippen molar-refractivity contribution in [2.75, 3.05) is 25.1 Å². The summed E-state index contributed by atoms with van der Waals surface area (Å²) in [6, 6.07) is 7.00. The molecule has 4 aromatic rings. The number of nitrogens with zero attached hydrogens (tertiary/aromatic N) is 7. The molecule has 4 heterocycles. The quantitative estimate of drug-likeness (QED) is 0.463. The second-order valence-electron chi connectivity index (χ2n) is 8.28. The van der Waals surface area contributed by atoms with Crippen molar-refractivity contribution in [2.24, 2.45) is 0 Å². The number of rotatable bonds is 6. The predicted octanol–water partition coefficient (Wildman–Crippen LogP) is 3.39. The molecule has 1 fully saturated rings. The summed E-state index contributed by atoms with van der Waals surface area (Å²) in [6.07, 6.45) is 8.32. The molecular formula is C24H25N7O3. The first-order valence-electron chi connectivity index (χ1n) is 11.3. The van der Waals surface area contributed by atoms with Crippen molar-refractivity contribution in [3.05, 3.63) is 54.0 Å². The summed E-state index contributed by atoms with van der Waals surface area (Å²) >= 11 is 0. The zero-order valence-corrected chi connectivity index (χ0v) is 19.0. The first-order chi connectivity index (χ1) is 16.6. The fourth-order valence-electron chi connectivity index (χ4n) is 4.30. The zero-order valence-electron chi connectivity index (χ0n) is 19.0. The monoisotopic (exact) mass is 459 g/mol. The van der Waals surface area contributed by atoms with Crippen LogP contribution in [0.1, 0.15) is 41.7 Å². The van der Waals surface area contributed by atoms with E-state index in [1.807, 2.05) is 23.1 Å². The average molecular weight is 460 g/mol. The van der Waals surface area contributed by atoms with Crippen molar-refractivity contribution in [1.82, 2.24) is 29.9 Å². The van der Waals surface area contributed by atoms with Crippen molar-refractivity contribution in [3.63, 3.8) is 0 Å². The summed E-state index contributed by atoms with van der Waals surface area (Å²) in [4.78, 5) is 27.2. The molecule has 1 aliphatic heterocycles. The molecule has 5 rings (SSSR count). The summed E-state index contributed by atoms with van der Waals surface area (Å²) < 4.78 is 7.20. The first kappa shape index (κ1) is 21.7. The third kappa shape index (κ3) is 4.02.